The van der Waals surface area contributed by atoms with Crippen molar-refractivity contribution in [3.63, 3.8) is 0 Å². The molecule has 1 atom stereocenters. The van der Waals surface area contributed by atoms with Crippen molar-refractivity contribution in [1.29, 1.82) is 0 Å². The number of ether oxygens (including phenoxy) is 1. The molecule has 0 amide bonds. The zero-order valence-corrected chi connectivity index (χ0v) is 8.18. The Balaban J connectivity index is 2.21. The molecule has 0 N–H and O–H groups in total. The second-order valence-corrected chi connectivity index (χ2v) is 3.63. The molecule has 12 heavy (non-hydrogen) atoms. The van der Waals surface area contributed by atoms with Crippen LogP contribution in [0.3, 0.4) is 0 Å². The number of nitrogens with zero attached hydrogens (tertiary/aromatic N) is 1. The van der Waals surface area contributed by atoms with E-state index in [9.17, 15) is 0 Å². The summed E-state index contributed by atoms with van der Waals surface area (Å²) in [4.78, 5) is 2.45. The third-order valence-electron chi connectivity index (χ3n) is 2.58. The molecule has 1 saturated heterocycles. The van der Waals surface area contributed by atoms with E-state index < -0.39 is 0 Å². The maximum atomic E-state index is 5.04. The largest absolute Gasteiger partial charge is 0.383 e. The van der Waals surface area contributed by atoms with E-state index in [0.29, 0.717) is 0 Å². The van der Waals surface area contributed by atoms with Crippen molar-refractivity contribution in [2.45, 2.75) is 13.3 Å². The van der Waals surface area contributed by atoms with Gasteiger partial charge in [0.2, 0.25) is 0 Å². The maximum absolute atomic E-state index is 5.04. The molecule has 1 aliphatic rings. The van der Waals surface area contributed by atoms with Gasteiger partial charge in [-0.05, 0) is 25.8 Å². The normalized spacial score (nSPS) is 24.7. The lowest BCUT2D eigenvalue weighted by atomic mass is 10.0. The van der Waals surface area contributed by atoms with Gasteiger partial charge in [-0.2, -0.15) is 0 Å². The minimum absolute atomic E-state index is 0.724. The standard InChI is InChI=1S/C10H19NO/c1-9(2)10-4-5-11(8-10)6-7-12-3/h10H,1,4-8H2,2-3H3/t10-/m0/s1. The monoisotopic (exact) mass is 169 g/mol. The predicted molar refractivity (Wildman–Crippen MR) is 51.2 cm³/mol. The molecule has 1 heterocycles. The van der Waals surface area contributed by atoms with Crippen LogP contribution < -0.4 is 0 Å². The second kappa shape index (κ2) is 4.63. The molecular weight excluding hydrogens is 150 g/mol. The van der Waals surface area contributed by atoms with Gasteiger partial charge < -0.3 is 9.64 Å². The van der Waals surface area contributed by atoms with Crippen LogP contribution in [0.1, 0.15) is 13.3 Å². The SMILES string of the molecule is C=C(C)[C@H]1CCN(CCOC)C1. The Bertz CT molecular complexity index is 156. The van der Waals surface area contributed by atoms with Gasteiger partial charge in [0.1, 0.15) is 0 Å². The van der Waals surface area contributed by atoms with Gasteiger partial charge in [0.05, 0.1) is 6.61 Å². The van der Waals surface area contributed by atoms with Crippen LogP contribution in [0.4, 0.5) is 0 Å². The molecule has 0 aromatic heterocycles. The molecule has 0 unspecified atom stereocenters. The molecule has 0 saturated carbocycles. The Kier molecular flexibility index (Phi) is 3.76. The van der Waals surface area contributed by atoms with Crippen molar-refractivity contribution in [1.82, 2.24) is 4.90 Å². The van der Waals surface area contributed by atoms with Gasteiger partial charge in [-0.1, -0.05) is 12.2 Å². The summed E-state index contributed by atoms with van der Waals surface area (Å²) in [7, 11) is 1.76. The lowest BCUT2D eigenvalue weighted by Gasteiger charge is -2.14. The van der Waals surface area contributed by atoms with E-state index in [4.69, 9.17) is 4.74 Å². The molecule has 0 aromatic rings. The van der Waals surface area contributed by atoms with Crippen molar-refractivity contribution >= 4 is 0 Å². The molecule has 0 bridgehead atoms. The summed E-state index contributed by atoms with van der Waals surface area (Å²) >= 11 is 0. The van der Waals surface area contributed by atoms with Crippen LogP contribution in [0.15, 0.2) is 12.2 Å². The molecule has 2 nitrogen and oxygen atoms in total. The predicted octanol–water partition coefficient (Wildman–Crippen LogP) is 1.53. The highest BCUT2D eigenvalue weighted by atomic mass is 16.5. The van der Waals surface area contributed by atoms with Gasteiger partial charge in [-0.25, -0.2) is 0 Å². The minimum Gasteiger partial charge on any atom is -0.383 e. The van der Waals surface area contributed by atoms with Crippen molar-refractivity contribution < 1.29 is 4.74 Å². The Morgan fingerprint density at radius 3 is 2.92 bits per heavy atom. The highest BCUT2D eigenvalue weighted by Crippen LogP contribution is 2.21. The molecule has 1 fully saturated rings. The smallest absolute Gasteiger partial charge is 0.0589 e. The average molecular weight is 169 g/mol. The Hall–Kier alpha value is -0.340. The Labute approximate surface area is 75.2 Å². The molecule has 0 aliphatic carbocycles. The van der Waals surface area contributed by atoms with E-state index in [-0.39, 0.29) is 0 Å². The number of likely N-dealkylation sites (tertiary alicyclic amines) is 1. The first-order valence-corrected chi connectivity index (χ1v) is 4.60. The van der Waals surface area contributed by atoms with Crippen molar-refractivity contribution in [3.8, 4) is 0 Å². The van der Waals surface area contributed by atoms with Crippen molar-refractivity contribution in [2.24, 2.45) is 5.92 Å². The molecule has 1 aliphatic heterocycles. The highest BCUT2D eigenvalue weighted by Gasteiger charge is 2.21. The minimum atomic E-state index is 0.724. The van der Waals surface area contributed by atoms with E-state index >= 15 is 0 Å². The Morgan fingerprint density at radius 1 is 1.67 bits per heavy atom. The summed E-state index contributed by atoms with van der Waals surface area (Å²) in [5.74, 6) is 0.724. The molecule has 0 spiro atoms. The molecule has 1 rings (SSSR count). The van der Waals surface area contributed by atoms with Gasteiger partial charge in [-0.3, -0.25) is 0 Å². The van der Waals surface area contributed by atoms with E-state index in [0.717, 1.165) is 19.1 Å². The zero-order valence-electron chi connectivity index (χ0n) is 8.18. The lowest BCUT2D eigenvalue weighted by molar-refractivity contribution is 0.159. The van der Waals surface area contributed by atoms with Crippen LogP contribution in [-0.4, -0.2) is 38.3 Å². The summed E-state index contributed by atoms with van der Waals surface area (Å²) in [6, 6.07) is 0. The van der Waals surface area contributed by atoms with Gasteiger partial charge >= 0.3 is 0 Å². The van der Waals surface area contributed by atoms with Crippen LogP contribution >= 0.6 is 0 Å². The molecule has 0 aromatic carbocycles. The Morgan fingerprint density at radius 2 is 2.42 bits per heavy atom. The number of hydrogen-bond acceptors (Lipinski definition) is 2. The van der Waals surface area contributed by atoms with E-state index in [1.54, 1.807) is 7.11 Å². The summed E-state index contributed by atoms with van der Waals surface area (Å²) < 4.78 is 5.04. The molecule has 70 valence electrons. The first kappa shape index (κ1) is 9.75. The summed E-state index contributed by atoms with van der Waals surface area (Å²) in [5.41, 5.74) is 1.33. The summed E-state index contributed by atoms with van der Waals surface area (Å²) in [5, 5.41) is 0. The second-order valence-electron chi connectivity index (χ2n) is 3.63. The number of hydrogen-bond donors (Lipinski definition) is 0. The summed E-state index contributed by atoms with van der Waals surface area (Å²) in [6.45, 7) is 10.4. The van der Waals surface area contributed by atoms with Crippen LogP contribution in [-0.2, 0) is 4.74 Å². The first-order chi connectivity index (χ1) is 5.74. The first-order valence-electron chi connectivity index (χ1n) is 4.60. The molecule has 0 radical (unpaired) electrons. The van der Waals surface area contributed by atoms with Gasteiger partial charge in [0.25, 0.3) is 0 Å². The van der Waals surface area contributed by atoms with Crippen LogP contribution in [0.25, 0.3) is 0 Å². The third kappa shape index (κ3) is 2.61. The van der Waals surface area contributed by atoms with Crippen molar-refractivity contribution in [3.05, 3.63) is 12.2 Å². The fourth-order valence-corrected chi connectivity index (χ4v) is 1.66. The number of rotatable bonds is 4. The fraction of sp³-hybridized carbons (Fsp3) is 0.800. The summed E-state index contributed by atoms with van der Waals surface area (Å²) in [6.07, 6.45) is 1.28. The topological polar surface area (TPSA) is 12.5 Å². The highest BCUT2D eigenvalue weighted by molar-refractivity contribution is 5.00. The van der Waals surface area contributed by atoms with Crippen LogP contribution in [0, 0.1) is 5.92 Å². The van der Waals surface area contributed by atoms with Gasteiger partial charge in [0, 0.05) is 20.2 Å². The van der Waals surface area contributed by atoms with Crippen LogP contribution in [0.5, 0.6) is 0 Å². The van der Waals surface area contributed by atoms with Crippen molar-refractivity contribution in [2.75, 3.05) is 33.4 Å². The van der Waals surface area contributed by atoms with Crippen LogP contribution in [0.2, 0.25) is 0 Å². The maximum Gasteiger partial charge on any atom is 0.0589 e. The van der Waals surface area contributed by atoms with Gasteiger partial charge in [0.15, 0.2) is 0 Å². The zero-order chi connectivity index (χ0) is 8.97. The van der Waals surface area contributed by atoms with Gasteiger partial charge in [-0.15, -0.1) is 0 Å². The quantitative estimate of drug-likeness (QED) is 0.592. The molecular formula is C10H19NO. The lowest BCUT2D eigenvalue weighted by Crippen LogP contribution is -2.24. The fourth-order valence-electron chi connectivity index (χ4n) is 1.66. The molecule has 2 heteroatoms. The van der Waals surface area contributed by atoms with E-state index in [2.05, 4.69) is 18.4 Å². The van der Waals surface area contributed by atoms with E-state index in [1.807, 2.05) is 0 Å². The average Bonchev–Trinajstić information content (AvgIpc) is 2.48. The van der Waals surface area contributed by atoms with E-state index in [1.165, 1.54) is 25.1 Å². The third-order valence-corrected chi connectivity index (χ3v) is 2.58. The number of methoxy groups -OCH3 is 1.